The molecule has 1 aromatic carbocycles. The first-order valence-corrected chi connectivity index (χ1v) is 8.08. The predicted molar refractivity (Wildman–Crippen MR) is 89.5 cm³/mol. The zero-order valence-corrected chi connectivity index (χ0v) is 13.9. The van der Waals surface area contributed by atoms with E-state index in [1.165, 1.54) is 0 Å². The molecule has 25 heavy (non-hydrogen) atoms. The average Bonchev–Trinajstić information content (AvgIpc) is 2.61. The van der Waals surface area contributed by atoms with Gasteiger partial charge in [0.1, 0.15) is 0 Å². The summed E-state index contributed by atoms with van der Waals surface area (Å²) in [6.45, 7) is 1.63. The van der Waals surface area contributed by atoms with Crippen LogP contribution < -0.4 is 16.0 Å². The summed E-state index contributed by atoms with van der Waals surface area (Å²) in [5.74, 6) is -2.26. The number of piperidine rings is 1. The van der Waals surface area contributed by atoms with E-state index in [0.717, 1.165) is 5.56 Å². The van der Waals surface area contributed by atoms with Crippen molar-refractivity contribution in [1.29, 1.82) is 0 Å². The molecule has 8 nitrogen and oxygen atoms in total. The van der Waals surface area contributed by atoms with Crippen LogP contribution in [0.25, 0.3) is 0 Å². The SMILES string of the molecule is CC[C@@]1(c2ccc(NC(=O)C(=O)NCCO)cc2)CCC(=O)NC1=O. The second-order valence-corrected chi connectivity index (χ2v) is 5.82. The van der Waals surface area contributed by atoms with Crippen molar-refractivity contribution in [3.05, 3.63) is 29.8 Å². The van der Waals surface area contributed by atoms with Gasteiger partial charge in [-0.3, -0.25) is 24.5 Å². The maximum absolute atomic E-state index is 12.3. The Labute approximate surface area is 145 Å². The van der Waals surface area contributed by atoms with Crippen molar-refractivity contribution >= 4 is 29.3 Å². The van der Waals surface area contributed by atoms with E-state index in [0.29, 0.717) is 18.5 Å². The summed E-state index contributed by atoms with van der Waals surface area (Å²) in [5.41, 5.74) is 0.392. The van der Waals surface area contributed by atoms with Crippen molar-refractivity contribution in [3.63, 3.8) is 0 Å². The van der Waals surface area contributed by atoms with Crippen LogP contribution in [0.5, 0.6) is 0 Å². The van der Waals surface area contributed by atoms with Crippen LogP contribution in [0.2, 0.25) is 0 Å². The van der Waals surface area contributed by atoms with Crippen LogP contribution in [-0.2, 0) is 24.6 Å². The lowest BCUT2D eigenvalue weighted by atomic mass is 9.72. The standard InChI is InChI=1S/C17H21N3O5/c1-2-17(8-7-13(22)20-16(17)25)11-3-5-12(6-4-11)19-15(24)14(23)18-9-10-21/h3-6,21H,2,7-10H2,1H3,(H,18,23)(H,19,24)(H,20,22,25)/t17-/m0/s1. The third-order valence-electron chi connectivity index (χ3n) is 4.37. The van der Waals surface area contributed by atoms with Gasteiger partial charge in [-0.1, -0.05) is 19.1 Å². The highest BCUT2D eigenvalue weighted by molar-refractivity contribution is 6.39. The summed E-state index contributed by atoms with van der Waals surface area (Å²) < 4.78 is 0. The van der Waals surface area contributed by atoms with Gasteiger partial charge in [-0.25, -0.2) is 0 Å². The minimum atomic E-state index is -0.840. The molecule has 0 bridgehead atoms. The molecular formula is C17H21N3O5. The van der Waals surface area contributed by atoms with Crippen LogP contribution >= 0.6 is 0 Å². The molecule has 0 radical (unpaired) electrons. The number of rotatable bonds is 5. The maximum Gasteiger partial charge on any atom is 0.313 e. The second-order valence-electron chi connectivity index (χ2n) is 5.82. The number of hydrogen-bond donors (Lipinski definition) is 4. The molecule has 1 saturated heterocycles. The quantitative estimate of drug-likeness (QED) is 0.434. The molecule has 134 valence electrons. The molecule has 1 aliphatic heterocycles. The van der Waals surface area contributed by atoms with Crippen molar-refractivity contribution in [2.45, 2.75) is 31.6 Å². The molecule has 4 N–H and O–H groups in total. The molecule has 0 spiro atoms. The number of carbonyl (C=O) groups is 4. The predicted octanol–water partition coefficient (Wildman–Crippen LogP) is -0.182. The van der Waals surface area contributed by atoms with Crippen LogP contribution in [0.1, 0.15) is 31.7 Å². The zero-order chi connectivity index (χ0) is 18.4. The van der Waals surface area contributed by atoms with E-state index in [4.69, 9.17) is 5.11 Å². The second kappa shape index (κ2) is 7.89. The fraction of sp³-hybridized carbons (Fsp3) is 0.412. The number of aliphatic hydroxyl groups excluding tert-OH is 1. The number of carbonyl (C=O) groups excluding carboxylic acids is 4. The molecule has 0 saturated carbocycles. The Balaban J connectivity index is 2.11. The van der Waals surface area contributed by atoms with Gasteiger partial charge in [-0.15, -0.1) is 0 Å². The summed E-state index contributed by atoms with van der Waals surface area (Å²) in [5, 5.41) is 15.7. The van der Waals surface area contributed by atoms with E-state index in [1.54, 1.807) is 24.3 Å². The lowest BCUT2D eigenvalue weighted by Gasteiger charge is -2.35. The van der Waals surface area contributed by atoms with Crippen molar-refractivity contribution in [2.75, 3.05) is 18.5 Å². The highest BCUT2D eigenvalue weighted by atomic mass is 16.3. The number of aliphatic hydroxyl groups is 1. The molecule has 0 aliphatic carbocycles. The Kier molecular flexibility index (Phi) is 5.87. The molecule has 0 unspecified atom stereocenters. The Morgan fingerprint density at radius 1 is 1.20 bits per heavy atom. The number of imide groups is 1. The Morgan fingerprint density at radius 2 is 1.88 bits per heavy atom. The Morgan fingerprint density at radius 3 is 2.44 bits per heavy atom. The van der Waals surface area contributed by atoms with E-state index in [9.17, 15) is 19.2 Å². The first kappa shape index (κ1) is 18.6. The lowest BCUT2D eigenvalue weighted by molar-refractivity contribution is -0.138. The van der Waals surface area contributed by atoms with Crippen LogP contribution in [0.4, 0.5) is 5.69 Å². The van der Waals surface area contributed by atoms with Gasteiger partial charge in [-0.2, -0.15) is 0 Å². The summed E-state index contributed by atoms with van der Waals surface area (Å²) in [7, 11) is 0. The molecule has 1 heterocycles. The number of amides is 4. The van der Waals surface area contributed by atoms with Gasteiger partial charge >= 0.3 is 11.8 Å². The molecule has 4 amide bonds. The number of anilines is 1. The Hall–Kier alpha value is -2.74. The van der Waals surface area contributed by atoms with Crippen molar-refractivity contribution in [2.24, 2.45) is 0 Å². The first-order chi connectivity index (χ1) is 11.9. The minimum absolute atomic E-state index is 0.00194. The lowest BCUT2D eigenvalue weighted by Crippen LogP contribution is -2.51. The van der Waals surface area contributed by atoms with E-state index < -0.39 is 17.2 Å². The topological polar surface area (TPSA) is 125 Å². The molecule has 2 rings (SSSR count). The molecule has 1 atom stereocenters. The van der Waals surface area contributed by atoms with Crippen molar-refractivity contribution in [3.8, 4) is 0 Å². The zero-order valence-electron chi connectivity index (χ0n) is 13.9. The normalized spacial score (nSPS) is 19.9. The third kappa shape index (κ3) is 4.03. The summed E-state index contributed by atoms with van der Waals surface area (Å²) in [6, 6.07) is 6.63. The van der Waals surface area contributed by atoms with E-state index >= 15 is 0 Å². The summed E-state index contributed by atoms with van der Waals surface area (Å²) >= 11 is 0. The fourth-order valence-corrected chi connectivity index (χ4v) is 2.88. The molecule has 1 aliphatic rings. The monoisotopic (exact) mass is 347 g/mol. The van der Waals surface area contributed by atoms with Crippen LogP contribution in [0, 0.1) is 0 Å². The maximum atomic E-state index is 12.3. The number of benzene rings is 1. The summed E-state index contributed by atoms with van der Waals surface area (Å²) in [6.07, 6.45) is 1.26. The molecule has 8 heteroatoms. The highest BCUT2D eigenvalue weighted by Gasteiger charge is 2.42. The smallest absolute Gasteiger partial charge is 0.313 e. The van der Waals surface area contributed by atoms with Crippen LogP contribution in [0.15, 0.2) is 24.3 Å². The first-order valence-electron chi connectivity index (χ1n) is 8.08. The van der Waals surface area contributed by atoms with E-state index in [1.807, 2.05) is 6.92 Å². The van der Waals surface area contributed by atoms with Crippen LogP contribution in [-0.4, -0.2) is 41.9 Å². The van der Waals surface area contributed by atoms with Gasteiger partial charge in [-0.05, 0) is 30.5 Å². The summed E-state index contributed by atoms with van der Waals surface area (Å²) in [4.78, 5) is 46.9. The highest BCUT2D eigenvalue weighted by Crippen LogP contribution is 2.36. The van der Waals surface area contributed by atoms with Crippen molar-refractivity contribution in [1.82, 2.24) is 10.6 Å². The van der Waals surface area contributed by atoms with E-state index in [-0.39, 0.29) is 31.4 Å². The third-order valence-corrected chi connectivity index (χ3v) is 4.37. The Bertz CT molecular complexity index is 686. The van der Waals surface area contributed by atoms with Gasteiger partial charge in [0.15, 0.2) is 0 Å². The van der Waals surface area contributed by atoms with Gasteiger partial charge < -0.3 is 15.7 Å². The molecule has 1 aromatic rings. The molecule has 1 fully saturated rings. The van der Waals surface area contributed by atoms with Crippen LogP contribution in [0.3, 0.4) is 0 Å². The number of hydrogen-bond acceptors (Lipinski definition) is 5. The van der Waals surface area contributed by atoms with Gasteiger partial charge in [0.2, 0.25) is 11.8 Å². The van der Waals surface area contributed by atoms with Crippen molar-refractivity contribution < 1.29 is 24.3 Å². The van der Waals surface area contributed by atoms with Gasteiger partial charge in [0.05, 0.1) is 12.0 Å². The van der Waals surface area contributed by atoms with Gasteiger partial charge in [0.25, 0.3) is 0 Å². The van der Waals surface area contributed by atoms with E-state index in [2.05, 4.69) is 16.0 Å². The number of nitrogens with one attached hydrogen (secondary N) is 3. The minimum Gasteiger partial charge on any atom is -0.395 e. The fourth-order valence-electron chi connectivity index (χ4n) is 2.88. The average molecular weight is 347 g/mol. The van der Waals surface area contributed by atoms with Gasteiger partial charge in [0, 0.05) is 18.7 Å². The largest absolute Gasteiger partial charge is 0.395 e. The molecule has 0 aromatic heterocycles. The molecular weight excluding hydrogens is 326 g/mol.